The smallest absolute Gasteiger partial charge is 0.134 e. The molecule has 1 aromatic heterocycles. The minimum absolute atomic E-state index is 0.444. The van der Waals surface area contributed by atoms with Crippen LogP contribution in [0.4, 0.5) is 0 Å². The molecule has 2 nitrogen and oxygen atoms in total. The second kappa shape index (κ2) is 3.92. The molecule has 2 aromatic rings. The van der Waals surface area contributed by atoms with E-state index in [2.05, 4.69) is 0 Å². The van der Waals surface area contributed by atoms with E-state index in [-0.39, 0.29) is 0 Å². The second-order valence-corrected chi connectivity index (χ2v) is 2.99. The summed E-state index contributed by atoms with van der Waals surface area (Å²) in [5.41, 5.74) is 1.89. The predicted molar refractivity (Wildman–Crippen MR) is 55.9 cm³/mol. The van der Waals surface area contributed by atoms with Crippen molar-refractivity contribution in [2.75, 3.05) is 0 Å². The Morgan fingerprint density at radius 1 is 1.29 bits per heavy atom. The van der Waals surface area contributed by atoms with E-state index < -0.39 is 0 Å². The van der Waals surface area contributed by atoms with Crippen LogP contribution in [0.2, 0.25) is 0 Å². The lowest BCUT2D eigenvalue weighted by Gasteiger charge is -1.87. The van der Waals surface area contributed by atoms with Crippen LogP contribution < -0.4 is 0 Å². The number of carbonyl (C=O) groups excluding carboxylic acids is 1. The highest BCUT2D eigenvalue weighted by atomic mass is 16.3. The van der Waals surface area contributed by atoms with Crippen molar-refractivity contribution in [3.05, 3.63) is 42.2 Å². The lowest BCUT2D eigenvalue weighted by molar-refractivity contribution is -0.107. The van der Waals surface area contributed by atoms with Gasteiger partial charge in [0.1, 0.15) is 11.9 Å². The van der Waals surface area contributed by atoms with Crippen molar-refractivity contribution in [1.82, 2.24) is 0 Å². The van der Waals surface area contributed by atoms with Crippen molar-refractivity contribution in [3.63, 3.8) is 0 Å². The lowest BCUT2D eigenvalue weighted by Crippen LogP contribution is -1.69. The number of hydrogen-bond acceptors (Lipinski definition) is 2. The number of para-hydroxylation sites is 1. The third kappa shape index (κ3) is 1.59. The van der Waals surface area contributed by atoms with Crippen LogP contribution in [0.25, 0.3) is 17.0 Å². The first-order chi connectivity index (χ1) is 6.92. The summed E-state index contributed by atoms with van der Waals surface area (Å²) in [5.74, 6) is 0. The molecule has 0 fully saturated rings. The molecule has 0 aliphatic carbocycles. The molecular formula is C12H10O2. The minimum atomic E-state index is 0.444. The van der Waals surface area contributed by atoms with Gasteiger partial charge in [0, 0.05) is 17.4 Å². The molecule has 0 spiro atoms. The Labute approximate surface area is 81.8 Å². The molecule has 0 aliphatic heterocycles. The summed E-state index contributed by atoms with van der Waals surface area (Å²) in [4.78, 5) is 10.1. The largest absolute Gasteiger partial charge is 0.464 e. The highest BCUT2D eigenvalue weighted by molar-refractivity contribution is 5.87. The third-order valence-corrected chi connectivity index (χ3v) is 2.04. The molecule has 14 heavy (non-hydrogen) atoms. The number of hydrogen-bond donors (Lipinski definition) is 0. The Morgan fingerprint density at radius 3 is 3.00 bits per heavy atom. The van der Waals surface area contributed by atoms with Crippen LogP contribution in [0.5, 0.6) is 0 Å². The van der Waals surface area contributed by atoms with E-state index in [9.17, 15) is 4.79 Å². The molecule has 0 unspecified atom stereocenters. The first kappa shape index (κ1) is 8.75. The van der Waals surface area contributed by atoms with E-state index in [4.69, 9.17) is 4.42 Å². The first-order valence-corrected chi connectivity index (χ1v) is 4.48. The number of rotatable bonds is 3. The molecule has 0 saturated heterocycles. The van der Waals surface area contributed by atoms with E-state index in [0.29, 0.717) is 6.42 Å². The van der Waals surface area contributed by atoms with Crippen LogP contribution in [0, 0.1) is 0 Å². The summed E-state index contributed by atoms with van der Waals surface area (Å²) >= 11 is 0. The number of aldehydes is 1. The van der Waals surface area contributed by atoms with Gasteiger partial charge in [-0.2, -0.15) is 0 Å². The van der Waals surface area contributed by atoms with Crippen molar-refractivity contribution < 1.29 is 9.21 Å². The fourth-order valence-corrected chi connectivity index (χ4v) is 1.38. The van der Waals surface area contributed by atoms with Crippen LogP contribution in [0.3, 0.4) is 0 Å². The van der Waals surface area contributed by atoms with Gasteiger partial charge in [0.2, 0.25) is 0 Å². The molecule has 0 atom stereocenters. The maximum atomic E-state index is 10.1. The molecule has 2 heteroatoms. The Morgan fingerprint density at radius 2 is 2.14 bits per heavy atom. The zero-order valence-electron chi connectivity index (χ0n) is 7.64. The highest BCUT2D eigenvalue weighted by Gasteiger charge is 2.00. The van der Waals surface area contributed by atoms with Crippen LogP contribution >= 0.6 is 0 Å². The van der Waals surface area contributed by atoms with Gasteiger partial charge in [0.25, 0.3) is 0 Å². The van der Waals surface area contributed by atoms with E-state index in [1.807, 2.05) is 36.4 Å². The lowest BCUT2D eigenvalue weighted by atomic mass is 10.1. The van der Waals surface area contributed by atoms with Gasteiger partial charge < -0.3 is 9.21 Å². The van der Waals surface area contributed by atoms with Crippen molar-refractivity contribution in [2.24, 2.45) is 0 Å². The topological polar surface area (TPSA) is 30.2 Å². The van der Waals surface area contributed by atoms with E-state index in [1.54, 1.807) is 6.26 Å². The van der Waals surface area contributed by atoms with Gasteiger partial charge in [0.05, 0.1) is 6.26 Å². The number of allylic oxidation sites excluding steroid dienone is 1. The fraction of sp³-hybridized carbons (Fsp3) is 0.0833. The number of carbonyl (C=O) groups is 1. The fourth-order valence-electron chi connectivity index (χ4n) is 1.38. The Bertz CT molecular complexity index is 466. The number of fused-ring (bicyclic) bond motifs is 1. The zero-order chi connectivity index (χ0) is 9.80. The van der Waals surface area contributed by atoms with Gasteiger partial charge in [-0.05, 0) is 6.07 Å². The van der Waals surface area contributed by atoms with Crippen LogP contribution in [0.15, 0.2) is 41.0 Å². The minimum Gasteiger partial charge on any atom is -0.464 e. The third-order valence-electron chi connectivity index (χ3n) is 2.04. The Hall–Kier alpha value is -1.83. The van der Waals surface area contributed by atoms with Gasteiger partial charge in [-0.1, -0.05) is 30.4 Å². The van der Waals surface area contributed by atoms with Gasteiger partial charge in [0.15, 0.2) is 0 Å². The second-order valence-electron chi connectivity index (χ2n) is 2.99. The van der Waals surface area contributed by atoms with E-state index in [0.717, 1.165) is 22.8 Å². The highest BCUT2D eigenvalue weighted by Crippen LogP contribution is 2.21. The van der Waals surface area contributed by atoms with Crippen LogP contribution in [-0.4, -0.2) is 6.29 Å². The molecule has 1 heterocycles. The maximum Gasteiger partial charge on any atom is 0.134 e. The molecular weight excluding hydrogens is 176 g/mol. The molecule has 2 rings (SSSR count). The molecule has 0 saturated carbocycles. The molecule has 1 aromatic carbocycles. The van der Waals surface area contributed by atoms with Gasteiger partial charge in [-0.15, -0.1) is 0 Å². The number of benzene rings is 1. The summed E-state index contributed by atoms with van der Waals surface area (Å²) in [6.07, 6.45) is 6.74. The molecule has 0 N–H and O–H groups in total. The summed E-state index contributed by atoms with van der Waals surface area (Å²) < 4.78 is 5.34. The monoisotopic (exact) mass is 186 g/mol. The zero-order valence-corrected chi connectivity index (χ0v) is 7.64. The van der Waals surface area contributed by atoms with Crippen molar-refractivity contribution in [2.45, 2.75) is 6.42 Å². The standard InChI is InChI=1S/C12H10O2/c13-8-4-3-5-10-9-14-12-7-2-1-6-11(10)12/h1-3,5-9H,4H2. The summed E-state index contributed by atoms with van der Waals surface area (Å²) in [5, 5.41) is 1.08. The van der Waals surface area contributed by atoms with Crippen molar-refractivity contribution in [1.29, 1.82) is 0 Å². The predicted octanol–water partition coefficient (Wildman–Crippen LogP) is 3.04. The first-order valence-electron chi connectivity index (χ1n) is 4.48. The maximum absolute atomic E-state index is 10.1. The molecule has 0 amide bonds. The average Bonchev–Trinajstić information content (AvgIpc) is 2.63. The van der Waals surface area contributed by atoms with E-state index >= 15 is 0 Å². The summed E-state index contributed by atoms with van der Waals surface area (Å²) in [6.45, 7) is 0. The Balaban J connectivity index is 2.38. The average molecular weight is 186 g/mol. The SMILES string of the molecule is O=CCC=Cc1coc2ccccc12. The number of furan rings is 1. The molecule has 0 radical (unpaired) electrons. The van der Waals surface area contributed by atoms with E-state index in [1.165, 1.54) is 0 Å². The van der Waals surface area contributed by atoms with Crippen molar-refractivity contribution in [3.8, 4) is 0 Å². The van der Waals surface area contributed by atoms with Crippen LogP contribution in [-0.2, 0) is 4.79 Å². The molecule has 0 bridgehead atoms. The summed E-state index contributed by atoms with van der Waals surface area (Å²) in [6, 6.07) is 7.82. The van der Waals surface area contributed by atoms with Gasteiger partial charge in [-0.25, -0.2) is 0 Å². The molecule has 70 valence electrons. The Kier molecular flexibility index (Phi) is 2.45. The van der Waals surface area contributed by atoms with Gasteiger partial charge >= 0.3 is 0 Å². The quantitative estimate of drug-likeness (QED) is 0.689. The van der Waals surface area contributed by atoms with Crippen molar-refractivity contribution >= 4 is 23.3 Å². The van der Waals surface area contributed by atoms with Gasteiger partial charge in [-0.3, -0.25) is 0 Å². The van der Waals surface area contributed by atoms with Crippen LogP contribution in [0.1, 0.15) is 12.0 Å². The molecule has 0 aliphatic rings. The summed E-state index contributed by atoms with van der Waals surface area (Å²) in [7, 11) is 0. The normalized spacial score (nSPS) is 11.1.